The Balaban J connectivity index is 1.98. The molecule has 0 saturated heterocycles. The van der Waals surface area contributed by atoms with E-state index in [0.29, 0.717) is 0 Å². The van der Waals surface area contributed by atoms with Crippen LogP contribution in [0.1, 0.15) is 60.0 Å². The van der Waals surface area contributed by atoms with Crippen LogP contribution in [0.25, 0.3) is 0 Å². The molecule has 21 heavy (non-hydrogen) atoms. The molecule has 110 valence electrons. The number of hydrogen-bond acceptors (Lipinski definition) is 3. The van der Waals surface area contributed by atoms with Crippen LogP contribution in [0.2, 0.25) is 0 Å². The van der Waals surface area contributed by atoms with Crippen LogP contribution in [0, 0.1) is 0 Å². The van der Waals surface area contributed by atoms with Crippen LogP contribution >= 0.6 is 0 Å². The van der Waals surface area contributed by atoms with Gasteiger partial charge >= 0.3 is 0 Å². The van der Waals surface area contributed by atoms with Crippen molar-refractivity contribution in [3.8, 4) is 0 Å². The summed E-state index contributed by atoms with van der Waals surface area (Å²) in [5.74, 6) is 0.0605. The number of carbonyl (C=O) groups excluding carboxylic acids is 1. The molecule has 0 fully saturated rings. The zero-order valence-electron chi connectivity index (χ0n) is 12.7. The maximum absolute atomic E-state index is 13.0. The average molecular weight is 283 g/mol. The van der Waals surface area contributed by atoms with E-state index >= 15 is 0 Å². The van der Waals surface area contributed by atoms with E-state index in [-0.39, 0.29) is 11.7 Å². The molecule has 2 aromatic rings. The number of nitrogens with zero attached hydrogens (tertiary/aromatic N) is 3. The molecule has 4 nitrogen and oxygen atoms in total. The van der Waals surface area contributed by atoms with Crippen LogP contribution in [0.15, 0.2) is 24.4 Å². The first kappa shape index (κ1) is 14.0. The second kappa shape index (κ2) is 5.80. The van der Waals surface area contributed by atoms with Crippen LogP contribution < -0.4 is 0 Å². The van der Waals surface area contributed by atoms with Crippen LogP contribution in [0.4, 0.5) is 0 Å². The molecule has 3 rings (SSSR count). The van der Waals surface area contributed by atoms with Gasteiger partial charge in [-0.1, -0.05) is 13.0 Å². The third-order valence-corrected chi connectivity index (χ3v) is 4.26. The van der Waals surface area contributed by atoms with Gasteiger partial charge in [0.2, 0.25) is 0 Å². The van der Waals surface area contributed by atoms with Crippen molar-refractivity contribution in [3.63, 3.8) is 0 Å². The van der Waals surface area contributed by atoms with Gasteiger partial charge in [-0.3, -0.25) is 14.5 Å². The molecule has 0 aliphatic heterocycles. The van der Waals surface area contributed by atoms with Gasteiger partial charge in [0, 0.05) is 12.7 Å². The van der Waals surface area contributed by atoms with Crippen molar-refractivity contribution >= 4 is 5.78 Å². The summed E-state index contributed by atoms with van der Waals surface area (Å²) in [5, 5.41) is 4.49. The summed E-state index contributed by atoms with van der Waals surface area (Å²) < 4.78 is 1.83. The highest BCUT2D eigenvalue weighted by Crippen LogP contribution is 2.32. The van der Waals surface area contributed by atoms with E-state index in [4.69, 9.17) is 0 Å². The highest BCUT2D eigenvalue weighted by Gasteiger charge is 2.30. The lowest BCUT2D eigenvalue weighted by Crippen LogP contribution is -2.22. The predicted molar refractivity (Wildman–Crippen MR) is 81.5 cm³/mol. The van der Waals surface area contributed by atoms with E-state index in [1.165, 1.54) is 5.56 Å². The Bertz CT molecular complexity index is 660. The second-order valence-electron chi connectivity index (χ2n) is 5.55. The largest absolute Gasteiger partial charge is 0.292 e. The van der Waals surface area contributed by atoms with Gasteiger partial charge in [0.25, 0.3) is 0 Å². The summed E-state index contributed by atoms with van der Waals surface area (Å²) in [4.78, 5) is 17.4. The lowest BCUT2D eigenvalue weighted by atomic mass is 9.83. The Labute approximate surface area is 125 Å². The minimum Gasteiger partial charge on any atom is -0.292 e. The first-order chi connectivity index (χ1) is 10.2. The number of pyridine rings is 1. The van der Waals surface area contributed by atoms with Crippen molar-refractivity contribution in [1.29, 1.82) is 0 Å². The third kappa shape index (κ3) is 2.50. The second-order valence-corrected chi connectivity index (χ2v) is 5.55. The van der Waals surface area contributed by atoms with Gasteiger partial charge < -0.3 is 0 Å². The van der Waals surface area contributed by atoms with Crippen LogP contribution in [0.5, 0.6) is 0 Å². The zero-order chi connectivity index (χ0) is 14.8. The average Bonchev–Trinajstić information content (AvgIpc) is 2.97. The summed E-state index contributed by atoms with van der Waals surface area (Å²) in [5.41, 5.74) is 3.91. The Morgan fingerprint density at radius 1 is 1.43 bits per heavy atom. The highest BCUT2D eigenvalue weighted by molar-refractivity contribution is 5.99. The zero-order valence-corrected chi connectivity index (χ0v) is 12.7. The van der Waals surface area contributed by atoms with E-state index in [9.17, 15) is 4.79 Å². The maximum atomic E-state index is 13.0. The van der Waals surface area contributed by atoms with E-state index in [1.54, 1.807) is 6.20 Å². The molecule has 1 unspecified atom stereocenters. The summed E-state index contributed by atoms with van der Waals surface area (Å²) in [6.45, 7) is 4.81. The monoisotopic (exact) mass is 283 g/mol. The van der Waals surface area contributed by atoms with Gasteiger partial charge in [0.15, 0.2) is 5.78 Å². The van der Waals surface area contributed by atoms with Crippen molar-refractivity contribution < 1.29 is 4.79 Å². The molecular formula is C17H21N3O. The lowest BCUT2D eigenvalue weighted by Gasteiger charge is -2.23. The van der Waals surface area contributed by atoms with Gasteiger partial charge in [-0.25, -0.2) is 0 Å². The Morgan fingerprint density at radius 2 is 2.29 bits per heavy atom. The molecule has 0 aromatic carbocycles. The number of fused-ring (bicyclic) bond motifs is 1. The number of rotatable bonds is 4. The van der Waals surface area contributed by atoms with Crippen molar-refractivity contribution in [2.24, 2.45) is 0 Å². The number of aromatic nitrogens is 3. The van der Waals surface area contributed by atoms with Gasteiger partial charge in [-0.05, 0) is 50.3 Å². The van der Waals surface area contributed by atoms with Crippen molar-refractivity contribution in [2.45, 2.75) is 52.0 Å². The molecule has 2 heterocycles. The summed E-state index contributed by atoms with van der Waals surface area (Å²) in [7, 11) is 0. The summed E-state index contributed by atoms with van der Waals surface area (Å²) in [6, 6.07) is 6.00. The van der Waals surface area contributed by atoms with E-state index in [0.717, 1.165) is 49.3 Å². The van der Waals surface area contributed by atoms with Crippen molar-refractivity contribution in [3.05, 3.63) is 47.0 Å². The van der Waals surface area contributed by atoms with Gasteiger partial charge in [-0.15, -0.1) is 0 Å². The van der Waals surface area contributed by atoms with Gasteiger partial charge in [0.1, 0.15) is 5.69 Å². The summed E-state index contributed by atoms with van der Waals surface area (Å²) >= 11 is 0. The molecular weight excluding hydrogens is 262 g/mol. The standard InChI is InChI=1S/C17H21N3O/c1-3-13-11-15(20(4-2)19-13)17(21)14-9-5-7-12-8-6-10-18-16(12)14/h6,8,10-11,14H,3-5,7,9H2,1-2H3. The fourth-order valence-electron chi connectivity index (χ4n) is 3.13. The molecule has 4 heteroatoms. The topological polar surface area (TPSA) is 47.8 Å². The third-order valence-electron chi connectivity index (χ3n) is 4.26. The van der Waals surface area contributed by atoms with Gasteiger partial charge in [-0.2, -0.15) is 5.10 Å². The highest BCUT2D eigenvalue weighted by atomic mass is 16.1. The predicted octanol–water partition coefficient (Wildman–Crippen LogP) is 3.16. The van der Waals surface area contributed by atoms with Crippen LogP contribution in [0.3, 0.4) is 0 Å². The van der Waals surface area contributed by atoms with Crippen LogP contribution in [-0.2, 0) is 19.4 Å². The number of Topliss-reactive ketones (excluding diaryl/α,β-unsaturated/α-hetero) is 1. The minimum absolute atomic E-state index is 0.110. The van der Waals surface area contributed by atoms with Crippen molar-refractivity contribution in [2.75, 3.05) is 0 Å². The molecule has 0 bridgehead atoms. The Morgan fingerprint density at radius 3 is 3.05 bits per heavy atom. The number of carbonyl (C=O) groups is 1. The molecule has 1 atom stereocenters. The fraction of sp³-hybridized carbons (Fsp3) is 0.471. The minimum atomic E-state index is -0.110. The quantitative estimate of drug-likeness (QED) is 0.810. The Hall–Kier alpha value is -1.97. The maximum Gasteiger partial charge on any atom is 0.189 e. The summed E-state index contributed by atoms with van der Waals surface area (Å²) in [6.07, 6.45) is 5.61. The van der Waals surface area contributed by atoms with E-state index in [2.05, 4.69) is 23.1 Å². The Kier molecular flexibility index (Phi) is 3.86. The number of ketones is 1. The smallest absolute Gasteiger partial charge is 0.189 e. The molecule has 0 N–H and O–H groups in total. The number of hydrogen-bond donors (Lipinski definition) is 0. The molecule has 1 aliphatic carbocycles. The van der Waals surface area contributed by atoms with E-state index in [1.807, 2.05) is 23.7 Å². The normalized spacial score (nSPS) is 17.5. The first-order valence-corrected chi connectivity index (χ1v) is 7.79. The first-order valence-electron chi connectivity index (χ1n) is 7.79. The molecule has 0 amide bonds. The fourth-order valence-corrected chi connectivity index (χ4v) is 3.13. The van der Waals surface area contributed by atoms with E-state index < -0.39 is 0 Å². The SMILES string of the molecule is CCc1cc(C(=O)C2CCCc3cccnc32)n(CC)n1. The van der Waals surface area contributed by atoms with Crippen molar-refractivity contribution in [1.82, 2.24) is 14.8 Å². The van der Waals surface area contributed by atoms with Crippen LogP contribution in [-0.4, -0.2) is 20.5 Å². The number of aryl methyl sites for hydroxylation is 3. The molecule has 0 radical (unpaired) electrons. The molecule has 0 spiro atoms. The molecule has 1 aliphatic rings. The lowest BCUT2D eigenvalue weighted by molar-refractivity contribution is 0.0938. The molecule has 0 saturated carbocycles. The molecule has 2 aromatic heterocycles. The van der Waals surface area contributed by atoms with Gasteiger partial charge in [0.05, 0.1) is 17.3 Å².